The van der Waals surface area contributed by atoms with Crippen LogP contribution < -0.4 is 0 Å². The molecule has 3 heteroatoms. The molecule has 2 unspecified atom stereocenters. The van der Waals surface area contributed by atoms with E-state index in [2.05, 4.69) is 49.3 Å². The van der Waals surface area contributed by atoms with E-state index in [1.807, 2.05) is 24.3 Å². The van der Waals surface area contributed by atoms with Gasteiger partial charge in [0.2, 0.25) is 0 Å². The minimum atomic E-state index is -0.271. The Morgan fingerprint density at radius 3 is 2.46 bits per heavy atom. The van der Waals surface area contributed by atoms with E-state index in [9.17, 15) is 4.79 Å². The molecular formula is C23H23NO2. The average molecular weight is 345 g/mol. The van der Waals surface area contributed by atoms with E-state index in [1.165, 1.54) is 16.3 Å². The molecule has 0 N–H and O–H groups in total. The first kappa shape index (κ1) is 16.8. The standard InChI is InChI=1S/C23H23NO2/c1-24(2)20-15-14-17-13-12-16-8-6-7-11-19(16)21(17)22(20)26-23(25)18-9-4-3-5-10-18/h3-13,20,22H,14-15H2,1-2H3. The van der Waals surface area contributed by atoms with Crippen LogP contribution in [0.1, 0.15) is 34.0 Å². The summed E-state index contributed by atoms with van der Waals surface area (Å²) in [5.74, 6) is -0.261. The summed E-state index contributed by atoms with van der Waals surface area (Å²) in [5, 5.41) is 2.37. The quantitative estimate of drug-likeness (QED) is 0.649. The van der Waals surface area contributed by atoms with Gasteiger partial charge in [0.1, 0.15) is 6.10 Å². The van der Waals surface area contributed by atoms with Gasteiger partial charge in [-0.05, 0) is 55.4 Å². The number of fused-ring (bicyclic) bond motifs is 3. The second-order valence-electron chi connectivity index (χ2n) is 7.12. The molecule has 0 fully saturated rings. The van der Waals surface area contributed by atoms with Crippen LogP contribution in [-0.2, 0) is 11.2 Å². The molecule has 0 radical (unpaired) electrons. The summed E-state index contributed by atoms with van der Waals surface area (Å²) < 4.78 is 6.11. The van der Waals surface area contributed by atoms with Crippen LogP contribution in [-0.4, -0.2) is 31.0 Å². The van der Waals surface area contributed by atoms with Crippen LogP contribution in [0.3, 0.4) is 0 Å². The highest BCUT2D eigenvalue weighted by molar-refractivity contribution is 5.91. The number of hydrogen-bond donors (Lipinski definition) is 0. The molecular weight excluding hydrogens is 322 g/mol. The largest absolute Gasteiger partial charge is 0.452 e. The summed E-state index contributed by atoms with van der Waals surface area (Å²) in [6.45, 7) is 0. The number of benzene rings is 3. The summed E-state index contributed by atoms with van der Waals surface area (Å²) in [6.07, 6.45) is 1.71. The highest BCUT2D eigenvalue weighted by atomic mass is 16.5. The van der Waals surface area contributed by atoms with Crippen LogP contribution in [0.5, 0.6) is 0 Å². The van der Waals surface area contributed by atoms with Gasteiger partial charge in [-0.2, -0.15) is 0 Å². The van der Waals surface area contributed by atoms with E-state index in [0.717, 1.165) is 18.4 Å². The lowest BCUT2D eigenvalue weighted by Gasteiger charge is -2.37. The Kier molecular flexibility index (Phi) is 4.48. The fourth-order valence-electron chi connectivity index (χ4n) is 3.97. The molecule has 26 heavy (non-hydrogen) atoms. The van der Waals surface area contributed by atoms with E-state index in [4.69, 9.17) is 4.74 Å². The van der Waals surface area contributed by atoms with Gasteiger partial charge in [-0.15, -0.1) is 0 Å². The molecule has 1 aliphatic carbocycles. The molecule has 0 bridgehead atoms. The van der Waals surface area contributed by atoms with Crippen molar-refractivity contribution in [2.45, 2.75) is 25.0 Å². The predicted molar refractivity (Wildman–Crippen MR) is 104 cm³/mol. The van der Waals surface area contributed by atoms with Gasteiger partial charge in [-0.25, -0.2) is 4.79 Å². The van der Waals surface area contributed by atoms with Gasteiger partial charge in [0.05, 0.1) is 11.6 Å². The molecule has 3 aromatic rings. The van der Waals surface area contributed by atoms with Crippen molar-refractivity contribution in [3.63, 3.8) is 0 Å². The molecule has 132 valence electrons. The number of ether oxygens (including phenoxy) is 1. The minimum Gasteiger partial charge on any atom is -0.452 e. The molecule has 1 aliphatic rings. The first-order chi connectivity index (χ1) is 12.6. The fourth-order valence-corrected chi connectivity index (χ4v) is 3.97. The van der Waals surface area contributed by atoms with Crippen molar-refractivity contribution in [1.82, 2.24) is 4.90 Å². The molecule has 4 rings (SSSR count). The van der Waals surface area contributed by atoms with Gasteiger partial charge in [-0.1, -0.05) is 54.6 Å². The number of esters is 1. The van der Waals surface area contributed by atoms with Gasteiger partial charge in [0.25, 0.3) is 0 Å². The third-order valence-corrected chi connectivity index (χ3v) is 5.31. The number of carbonyl (C=O) groups excluding carboxylic acids is 1. The smallest absolute Gasteiger partial charge is 0.338 e. The molecule has 2 atom stereocenters. The molecule has 0 spiro atoms. The lowest BCUT2D eigenvalue weighted by atomic mass is 9.82. The topological polar surface area (TPSA) is 29.5 Å². The Morgan fingerprint density at radius 2 is 1.69 bits per heavy atom. The van der Waals surface area contributed by atoms with E-state index >= 15 is 0 Å². The zero-order valence-electron chi connectivity index (χ0n) is 15.2. The van der Waals surface area contributed by atoms with Crippen molar-refractivity contribution < 1.29 is 9.53 Å². The second-order valence-corrected chi connectivity index (χ2v) is 7.12. The Hall–Kier alpha value is -2.65. The molecule has 0 saturated carbocycles. The van der Waals surface area contributed by atoms with Crippen molar-refractivity contribution in [1.29, 1.82) is 0 Å². The summed E-state index contributed by atoms with van der Waals surface area (Å²) in [6, 6.07) is 22.1. The second kappa shape index (κ2) is 6.93. The Morgan fingerprint density at radius 1 is 0.962 bits per heavy atom. The molecule has 0 aliphatic heterocycles. The SMILES string of the molecule is CN(C)C1CCc2ccc3ccccc3c2C1OC(=O)c1ccccc1. The van der Waals surface area contributed by atoms with Crippen molar-refractivity contribution in [3.8, 4) is 0 Å². The van der Waals surface area contributed by atoms with Gasteiger partial charge in [0.15, 0.2) is 0 Å². The monoisotopic (exact) mass is 345 g/mol. The number of aryl methyl sites for hydroxylation is 1. The zero-order chi connectivity index (χ0) is 18.1. The van der Waals surface area contributed by atoms with Crippen LogP contribution in [0.25, 0.3) is 10.8 Å². The Labute approximate surface area is 154 Å². The number of rotatable bonds is 3. The van der Waals surface area contributed by atoms with Crippen LogP contribution in [0.4, 0.5) is 0 Å². The van der Waals surface area contributed by atoms with Gasteiger partial charge >= 0.3 is 5.97 Å². The van der Waals surface area contributed by atoms with E-state index < -0.39 is 0 Å². The molecule has 3 nitrogen and oxygen atoms in total. The van der Waals surface area contributed by atoms with Crippen molar-refractivity contribution in [2.75, 3.05) is 14.1 Å². The van der Waals surface area contributed by atoms with Crippen LogP contribution in [0, 0.1) is 0 Å². The Balaban J connectivity index is 1.80. The maximum atomic E-state index is 12.8. The van der Waals surface area contributed by atoms with Gasteiger partial charge in [0, 0.05) is 5.56 Å². The normalized spacial score (nSPS) is 19.3. The highest BCUT2D eigenvalue weighted by Crippen LogP contribution is 2.39. The molecule has 3 aromatic carbocycles. The van der Waals surface area contributed by atoms with E-state index in [-0.39, 0.29) is 18.1 Å². The minimum absolute atomic E-state index is 0.168. The third kappa shape index (κ3) is 2.99. The summed E-state index contributed by atoms with van der Waals surface area (Å²) in [7, 11) is 4.12. The molecule has 0 saturated heterocycles. The predicted octanol–water partition coefficient (Wildman–Crippen LogP) is 4.61. The number of hydrogen-bond acceptors (Lipinski definition) is 3. The van der Waals surface area contributed by atoms with Gasteiger partial charge in [-0.3, -0.25) is 0 Å². The summed E-state index contributed by atoms with van der Waals surface area (Å²) in [5.41, 5.74) is 3.04. The van der Waals surface area contributed by atoms with Crippen molar-refractivity contribution >= 4 is 16.7 Å². The average Bonchev–Trinajstić information content (AvgIpc) is 2.68. The maximum Gasteiger partial charge on any atom is 0.338 e. The molecule has 0 amide bonds. The first-order valence-electron chi connectivity index (χ1n) is 9.08. The summed E-state index contributed by atoms with van der Waals surface area (Å²) in [4.78, 5) is 15.0. The molecule has 0 aromatic heterocycles. The fraction of sp³-hybridized carbons (Fsp3) is 0.261. The summed E-state index contributed by atoms with van der Waals surface area (Å²) >= 11 is 0. The Bertz CT molecular complexity index is 933. The van der Waals surface area contributed by atoms with Crippen LogP contribution in [0.2, 0.25) is 0 Å². The van der Waals surface area contributed by atoms with Crippen molar-refractivity contribution in [3.05, 3.63) is 83.4 Å². The number of carbonyl (C=O) groups is 1. The third-order valence-electron chi connectivity index (χ3n) is 5.31. The first-order valence-corrected chi connectivity index (χ1v) is 9.08. The number of likely N-dealkylation sites (N-methyl/N-ethyl adjacent to an activating group) is 1. The van der Waals surface area contributed by atoms with E-state index in [1.54, 1.807) is 12.1 Å². The lowest BCUT2D eigenvalue weighted by molar-refractivity contribution is 0.00121. The van der Waals surface area contributed by atoms with Crippen molar-refractivity contribution in [2.24, 2.45) is 0 Å². The van der Waals surface area contributed by atoms with E-state index in [0.29, 0.717) is 5.56 Å². The van der Waals surface area contributed by atoms with Crippen LogP contribution >= 0.6 is 0 Å². The molecule has 0 heterocycles. The number of nitrogens with zero attached hydrogens (tertiary/aromatic N) is 1. The van der Waals surface area contributed by atoms with Gasteiger partial charge < -0.3 is 9.64 Å². The van der Waals surface area contributed by atoms with Crippen LogP contribution in [0.15, 0.2) is 66.7 Å². The highest BCUT2D eigenvalue weighted by Gasteiger charge is 2.35. The lowest BCUT2D eigenvalue weighted by Crippen LogP contribution is -2.39. The maximum absolute atomic E-state index is 12.8. The zero-order valence-corrected chi connectivity index (χ0v) is 15.2.